The SMILES string of the molecule is CC[C@@H](c1ccccn1)N(C)C(=O)c1cn[nH]c1-c1cccs1. The molecule has 1 N–H and O–H groups in total. The summed E-state index contributed by atoms with van der Waals surface area (Å²) in [5, 5.41) is 8.98. The van der Waals surface area contributed by atoms with Gasteiger partial charge in [-0.1, -0.05) is 19.1 Å². The Morgan fingerprint density at radius 2 is 2.22 bits per heavy atom. The average Bonchev–Trinajstić information content (AvgIpc) is 3.26. The van der Waals surface area contributed by atoms with E-state index in [2.05, 4.69) is 22.1 Å². The normalized spacial score (nSPS) is 12.1. The van der Waals surface area contributed by atoms with E-state index in [0.29, 0.717) is 5.56 Å². The molecule has 0 aliphatic carbocycles. The second kappa shape index (κ2) is 6.75. The van der Waals surface area contributed by atoms with Crippen LogP contribution in [0.1, 0.15) is 35.4 Å². The minimum absolute atomic E-state index is 0.0559. The molecule has 0 aliphatic rings. The van der Waals surface area contributed by atoms with Crippen LogP contribution in [0.5, 0.6) is 0 Å². The Labute approximate surface area is 139 Å². The predicted octanol–water partition coefficient (Wildman–Crippen LogP) is 3.76. The predicted molar refractivity (Wildman–Crippen MR) is 91.3 cm³/mol. The van der Waals surface area contributed by atoms with E-state index in [1.165, 1.54) is 0 Å². The number of hydrogen-bond donors (Lipinski definition) is 1. The van der Waals surface area contributed by atoms with Crippen molar-refractivity contribution in [3.63, 3.8) is 0 Å². The zero-order valence-electron chi connectivity index (χ0n) is 13.1. The molecule has 3 aromatic heterocycles. The summed E-state index contributed by atoms with van der Waals surface area (Å²) in [5.41, 5.74) is 2.25. The number of H-pyrrole nitrogens is 1. The van der Waals surface area contributed by atoms with Gasteiger partial charge in [0.15, 0.2) is 0 Å². The van der Waals surface area contributed by atoms with Crippen molar-refractivity contribution in [3.8, 4) is 10.6 Å². The standard InChI is InChI=1S/C17H18N4OS/c1-3-14(13-7-4-5-9-18-13)21(2)17(22)12-11-19-20-16(12)15-8-6-10-23-15/h4-11,14H,3H2,1-2H3,(H,19,20)/t14-/m0/s1. The molecule has 118 valence electrons. The largest absolute Gasteiger partial charge is 0.333 e. The number of carbonyl (C=O) groups is 1. The summed E-state index contributed by atoms with van der Waals surface area (Å²) >= 11 is 1.58. The quantitative estimate of drug-likeness (QED) is 0.776. The van der Waals surface area contributed by atoms with E-state index in [-0.39, 0.29) is 11.9 Å². The Kier molecular flexibility index (Phi) is 4.52. The van der Waals surface area contributed by atoms with Gasteiger partial charge < -0.3 is 4.90 Å². The molecule has 0 radical (unpaired) electrons. The highest BCUT2D eigenvalue weighted by Gasteiger charge is 2.25. The molecule has 3 rings (SSSR count). The van der Waals surface area contributed by atoms with Crippen LogP contribution in [-0.2, 0) is 0 Å². The van der Waals surface area contributed by atoms with Gasteiger partial charge in [0.2, 0.25) is 0 Å². The van der Waals surface area contributed by atoms with Crippen molar-refractivity contribution in [2.24, 2.45) is 0 Å². The molecule has 0 unspecified atom stereocenters. The van der Waals surface area contributed by atoms with Gasteiger partial charge in [0.1, 0.15) is 0 Å². The first-order valence-corrected chi connectivity index (χ1v) is 8.35. The van der Waals surface area contributed by atoms with Crippen LogP contribution in [-0.4, -0.2) is 33.0 Å². The van der Waals surface area contributed by atoms with Crippen molar-refractivity contribution in [1.82, 2.24) is 20.1 Å². The Morgan fingerprint density at radius 3 is 2.87 bits per heavy atom. The van der Waals surface area contributed by atoms with Crippen molar-refractivity contribution >= 4 is 17.2 Å². The van der Waals surface area contributed by atoms with Crippen molar-refractivity contribution in [3.05, 3.63) is 59.4 Å². The number of aromatic nitrogens is 3. The Balaban J connectivity index is 1.90. The molecule has 3 aromatic rings. The number of hydrogen-bond acceptors (Lipinski definition) is 4. The lowest BCUT2D eigenvalue weighted by Gasteiger charge is -2.26. The van der Waals surface area contributed by atoms with Gasteiger partial charge in [-0.25, -0.2) is 0 Å². The maximum atomic E-state index is 12.9. The van der Waals surface area contributed by atoms with Crippen LogP contribution in [0.25, 0.3) is 10.6 Å². The summed E-state index contributed by atoms with van der Waals surface area (Å²) in [6.45, 7) is 2.05. The molecular weight excluding hydrogens is 308 g/mol. The molecule has 0 saturated carbocycles. The smallest absolute Gasteiger partial charge is 0.258 e. The van der Waals surface area contributed by atoms with E-state index < -0.39 is 0 Å². The first kappa shape index (κ1) is 15.4. The van der Waals surface area contributed by atoms with E-state index >= 15 is 0 Å². The fourth-order valence-corrected chi connectivity index (χ4v) is 3.38. The Hall–Kier alpha value is -2.47. The number of aromatic amines is 1. The van der Waals surface area contributed by atoms with E-state index in [9.17, 15) is 4.79 Å². The lowest BCUT2D eigenvalue weighted by Crippen LogP contribution is -2.31. The minimum Gasteiger partial charge on any atom is -0.333 e. The Bertz CT molecular complexity index is 767. The summed E-state index contributed by atoms with van der Waals surface area (Å²) < 4.78 is 0. The lowest BCUT2D eigenvalue weighted by atomic mass is 10.1. The molecule has 0 bridgehead atoms. The number of nitrogens with one attached hydrogen (secondary N) is 1. The molecule has 0 spiro atoms. The highest BCUT2D eigenvalue weighted by atomic mass is 32.1. The van der Waals surface area contributed by atoms with Gasteiger partial charge in [-0.05, 0) is 30.0 Å². The number of amides is 1. The van der Waals surface area contributed by atoms with Gasteiger partial charge in [-0.2, -0.15) is 5.10 Å². The molecule has 1 amide bonds. The first-order valence-electron chi connectivity index (χ1n) is 7.47. The third kappa shape index (κ3) is 3.03. The van der Waals surface area contributed by atoms with Gasteiger partial charge >= 0.3 is 0 Å². The second-order valence-electron chi connectivity index (χ2n) is 5.23. The number of rotatable bonds is 5. The van der Waals surface area contributed by atoms with E-state index in [0.717, 1.165) is 22.7 Å². The minimum atomic E-state index is -0.0604. The zero-order chi connectivity index (χ0) is 16.2. The van der Waals surface area contributed by atoms with Crippen LogP contribution in [0.2, 0.25) is 0 Å². The summed E-state index contributed by atoms with van der Waals surface area (Å²) in [7, 11) is 1.82. The number of thiophene rings is 1. The van der Waals surface area contributed by atoms with Gasteiger partial charge in [-0.15, -0.1) is 11.3 Å². The van der Waals surface area contributed by atoms with Crippen molar-refractivity contribution in [1.29, 1.82) is 0 Å². The van der Waals surface area contributed by atoms with Crippen LogP contribution < -0.4 is 0 Å². The molecule has 1 atom stereocenters. The number of nitrogens with zero attached hydrogens (tertiary/aromatic N) is 3. The first-order chi connectivity index (χ1) is 11.2. The monoisotopic (exact) mass is 326 g/mol. The zero-order valence-corrected chi connectivity index (χ0v) is 13.9. The highest BCUT2D eigenvalue weighted by molar-refractivity contribution is 7.13. The van der Waals surface area contributed by atoms with Crippen LogP contribution in [0.4, 0.5) is 0 Å². The van der Waals surface area contributed by atoms with E-state index in [1.807, 2.05) is 42.8 Å². The summed E-state index contributed by atoms with van der Waals surface area (Å²) in [5.74, 6) is -0.0559. The molecule has 6 heteroatoms. The van der Waals surface area contributed by atoms with Gasteiger partial charge in [0.25, 0.3) is 5.91 Å². The van der Waals surface area contributed by atoms with Gasteiger partial charge in [-0.3, -0.25) is 14.9 Å². The summed E-state index contributed by atoms with van der Waals surface area (Å²) in [6, 6.07) is 9.65. The molecule has 3 heterocycles. The van der Waals surface area contributed by atoms with Crippen LogP contribution in [0.15, 0.2) is 48.1 Å². The third-order valence-corrected chi connectivity index (χ3v) is 4.73. The molecular formula is C17H18N4OS. The highest BCUT2D eigenvalue weighted by Crippen LogP contribution is 2.29. The molecule has 5 nitrogen and oxygen atoms in total. The lowest BCUT2D eigenvalue weighted by molar-refractivity contribution is 0.0723. The van der Waals surface area contributed by atoms with Crippen molar-refractivity contribution < 1.29 is 4.79 Å². The Morgan fingerprint density at radius 1 is 1.35 bits per heavy atom. The maximum Gasteiger partial charge on any atom is 0.258 e. The van der Waals surface area contributed by atoms with Crippen LogP contribution >= 0.6 is 11.3 Å². The van der Waals surface area contributed by atoms with Gasteiger partial charge in [0, 0.05) is 13.2 Å². The van der Waals surface area contributed by atoms with Crippen LogP contribution in [0, 0.1) is 0 Å². The second-order valence-corrected chi connectivity index (χ2v) is 6.18. The topological polar surface area (TPSA) is 61.9 Å². The molecule has 23 heavy (non-hydrogen) atoms. The molecule has 0 fully saturated rings. The number of carbonyl (C=O) groups excluding carboxylic acids is 1. The number of pyridine rings is 1. The van der Waals surface area contributed by atoms with Crippen molar-refractivity contribution in [2.45, 2.75) is 19.4 Å². The fraction of sp³-hybridized carbons (Fsp3) is 0.235. The van der Waals surface area contributed by atoms with Gasteiger partial charge in [0.05, 0.1) is 34.1 Å². The maximum absolute atomic E-state index is 12.9. The summed E-state index contributed by atoms with van der Waals surface area (Å²) in [4.78, 5) is 20.1. The molecule has 0 aliphatic heterocycles. The van der Waals surface area contributed by atoms with Crippen LogP contribution in [0.3, 0.4) is 0 Å². The fourth-order valence-electron chi connectivity index (χ4n) is 2.64. The molecule has 0 saturated heterocycles. The average molecular weight is 326 g/mol. The van der Waals surface area contributed by atoms with Crippen molar-refractivity contribution in [2.75, 3.05) is 7.05 Å². The summed E-state index contributed by atoms with van der Waals surface area (Å²) in [6.07, 6.45) is 4.15. The molecule has 0 aromatic carbocycles. The third-order valence-electron chi connectivity index (χ3n) is 3.84. The van der Waals surface area contributed by atoms with E-state index in [4.69, 9.17) is 0 Å². The van der Waals surface area contributed by atoms with E-state index in [1.54, 1.807) is 28.6 Å².